The summed E-state index contributed by atoms with van der Waals surface area (Å²) in [4.78, 5) is 0. The fourth-order valence-electron chi connectivity index (χ4n) is 6.86. The summed E-state index contributed by atoms with van der Waals surface area (Å²) < 4.78 is 5.54. The Morgan fingerprint density at radius 1 is 1.28 bits per heavy atom. The Morgan fingerprint density at radius 3 is 2.76 bits per heavy atom. The number of allylic oxidation sites excluding steroid dienone is 6. The fourth-order valence-corrected chi connectivity index (χ4v) is 6.86. The number of hydrogen-bond acceptors (Lipinski definition) is 2. The Hall–Kier alpha value is -1.49. The molecule has 0 unspecified atom stereocenters. The molecule has 6 atom stereocenters. The first-order valence-corrected chi connectivity index (χ1v) is 9.98. The molecule has 134 valence electrons. The summed E-state index contributed by atoms with van der Waals surface area (Å²) in [6.45, 7) is 7.02. The average Bonchev–Trinajstić information content (AvgIpc) is 2.92. The van der Waals surface area contributed by atoms with Crippen LogP contribution in [0.2, 0.25) is 0 Å². The van der Waals surface area contributed by atoms with Gasteiger partial charge in [-0.1, -0.05) is 31.6 Å². The van der Waals surface area contributed by atoms with Gasteiger partial charge in [-0.3, -0.25) is 0 Å². The monoisotopic (exact) mass is 337 g/mol. The highest BCUT2D eigenvalue weighted by Gasteiger charge is 2.59. The minimum absolute atomic E-state index is 0.132. The van der Waals surface area contributed by atoms with Gasteiger partial charge in [-0.15, -0.1) is 0 Å². The van der Waals surface area contributed by atoms with E-state index in [1.165, 1.54) is 36.8 Å². The molecule has 25 heavy (non-hydrogen) atoms. The lowest BCUT2D eigenvalue weighted by molar-refractivity contribution is -0.0292. The molecule has 4 rings (SSSR count). The number of fused-ring (bicyclic) bond motifs is 5. The van der Waals surface area contributed by atoms with Crippen LogP contribution < -0.4 is 0 Å². The van der Waals surface area contributed by atoms with Crippen LogP contribution in [0.4, 0.5) is 0 Å². The number of nitrogens with zero attached hydrogens (tertiary/aromatic N) is 1. The Bertz CT molecular complexity index is 708. The van der Waals surface area contributed by atoms with Gasteiger partial charge in [0.1, 0.15) is 0 Å². The molecule has 4 aliphatic carbocycles. The Balaban J connectivity index is 1.72. The van der Waals surface area contributed by atoms with E-state index in [1.54, 1.807) is 7.11 Å². The smallest absolute Gasteiger partial charge is 0.0958 e. The van der Waals surface area contributed by atoms with Crippen molar-refractivity contribution in [1.82, 2.24) is 0 Å². The molecule has 0 aliphatic heterocycles. The normalized spacial score (nSPS) is 47.1. The predicted molar refractivity (Wildman–Crippen MR) is 100 cm³/mol. The van der Waals surface area contributed by atoms with E-state index in [0.717, 1.165) is 30.4 Å². The highest BCUT2D eigenvalue weighted by atomic mass is 16.5. The van der Waals surface area contributed by atoms with Crippen molar-refractivity contribution in [2.45, 2.75) is 59.3 Å². The molecule has 0 heterocycles. The van der Waals surface area contributed by atoms with E-state index >= 15 is 0 Å². The minimum Gasteiger partial charge on any atom is -0.501 e. The van der Waals surface area contributed by atoms with Crippen LogP contribution >= 0.6 is 0 Å². The van der Waals surface area contributed by atoms with Crippen molar-refractivity contribution in [2.24, 2.45) is 34.5 Å². The maximum Gasteiger partial charge on any atom is 0.0958 e. The lowest BCUT2D eigenvalue weighted by atomic mass is 9.48. The van der Waals surface area contributed by atoms with Crippen molar-refractivity contribution in [1.29, 1.82) is 5.26 Å². The van der Waals surface area contributed by atoms with E-state index in [-0.39, 0.29) is 11.3 Å². The van der Waals surface area contributed by atoms with E-state index in [1.807, 2.05) is 0 Å². The van der Waals surface area contributed by atoms with Gasteiger partial charge in [0, 0.05) is 6.42 Å². The molecule has 4 aliphatic rings. The first-order valence-electron chi connectivity index (χ1n) is 9.98. The Kier molecular flexibility index (Phi) is 3.91. The van der Waals surface area contributed by atoms with Gasteiger partial charge >= 0.3 is 0 Å². The standard InChI is InChI=1S/C23H31NO/c1-5-15-12-20-18-7-6-16-13-17(25-4)8-10-22(16,2)19(18)9-11-23(20,3)21(15)14-24/h5-6,13,18-21H,7-12H2,1-4H3/t18-,19+,20+,21+,22+,23+/m1/s1. The highest BCUT2D eigenvalue weighted by Crippen LogP contribution is 2.66. The largest absolute Gasteiger partial charge is 0.501 e. The molecule has 0 N–H and O–H groups in total. The Labute approximate surface area is 152 Å². The fraction of sp³-hybridized carbons (Fsp3) is 0.696. The van der Waals surface area contributed by atoms with Gasteiger partial charge in [0.05, 0.1) is 24.9 Å². The first-order chi connectivity index (χ1) is 12.0. The van der Waals surface area contributed by atoms with Gasteiger partial charge in [-0.25, -0.2) is 0 Å². The van der Waals surface area contributed by atoms with Crippen molar-refractivity contribution in [3.63, 3.8) is 0 Å². The van der Waals surface area contributed by atoms with Gasteiger partial charge in [-0.05, 0) is 79.3 Å². The van der Waals surface area contributed by atoms with E-state index < -0.39 is 0 Å². The van der Waals surface area contributed by atoms with Crippen molar-refractivity contribution >= 4 is 0 Å². The molecular weight excluding hydrogens is 306 g/mol. The number of ether oxygens (including phenoxy) is 1. The van der Waals surface area contributed by atoms with Crippen LogP contribution in [0.1, 0.15) is 59.3 Å². The number of methoxy groups -OCH3 is 1. The zero-order valence-electron chi connectivity index (χ0n) is 16.1. The molecule has 0 bridgehead atoms. The second kappa shape index (κ2) is 5.76. The molecule has 0 aromatic heterocycles. The van der Waals surface area contributed by atoms with Crippen LogP contribution in [-0.4, -0.2) is 7.11 Å². The second-order valence-electron chi connectivity index (χ2n) is 9.18. The van der Waals surface area contributed by atoms with Crippen LogP contribution in [0.3, 0.4) is 0 Å². The lowest BCUT2D eigenvalue weighted by Gasteiger charge is -2.56. The predicted octanol–water partition coefficient (Wildman–Crippen LogP) is 5.79. The van der Waals surface area contributed by atoms with Gasteiger partial charge in [0.25, 0.3) is 0 Å². The van der Waals surface area contributed by atoms with Crippen LogP contribution in [0.5, 0.6) is 0 Å². The van der Waals surface area contributed by atoms with Crippen LogP contribution in [0.25, 0.3) is 0 Å². The third-order valence-corrected chi connectivity index (χ3v) is 8.42. The molecule has 2 saturated carbocycles. The summed E-state index contributed by atoms with van der Waals surface area (Å²) in [6, 6.07) is 2.67. The molecule has 2 fully saturated rings. The summed E-state index contributed by atoms with van der Waals surface area (Å²) >= 11 is 0. The SMILES string of the molecule is CC=C1C[C@H]2[C@@H]3CC=C4C=C(OC)CC[C@]4(C)[C@H]3CC[C@]2(C)[C@H]1C#N. The summed E-state index contributed by atoms with van der Waals surface area (Å²) in [5, 5.41) is 9.84. The van der Waals surface area contributed by atoms with Crippen LogP contribution in [0.15, 0.2) is 35.1 Å². The zero-order valence-corrected chi connectivity index (χ0v) is 16.1. The van der Waals surface area contributed by atoms with Crippen LogP contribution in [0, 0.1) is 45.8 Å². The quantitative estimate of drug-likeness (QED) is 0.568. The van der Waals surface area contributed by atoms with Crippen molar-refractivity contribution in [2.75, 3.05) is 7.11 Å². The van der Waals surface area contributed by atoms with E-state index in [2.05, 4.69) is 45.1 Å². The molecule has 0 spiro atoms. The number of rotatable bonds is 1. The molecular formula is C23H31NO. The van der Waals surface area contributed by atoms with E-state index in [9.17, 15) is 5.26 Å². The van der Waals surface area contributed by atoms with Crippen molar-refractivity contribution in [3.05, 3.63) is 35.1 Å². The maximum atomic E-state index is 9.84. The topological polar surface area (TPSA) is 33.0 Å². The van der Waals surface area contributed by atoms with Gasteiger partial charge in [-0.2, -0.15) is 5.26 Å². The van der Waals surface area contributed by atoms with Crippen molar-refractivity contribution < 1.29 is 4.74 Å². The van der Waals surface area contributed by atoms with Gasteiger partial charge in [0.2, 0.25) is 0 Å². The summed E-state index contributed by atoms with van der Waals surface area (Å²) in [6.07, 6.45) is 14.1. The molecule has 0 radical (unpaired) electrons. The summed E-state index contributed by atoms with van der Waals surface area (Å²) in [5.74, 6) is 3.44. The summed E-state index contributed by atoms with van der Waals surface area (Å²) in [5.41, 5.74) is 3.40. The Morgan fingerprint density at radius 2 is 2.08 bits per heavy atom. The number of hydrogen-bond donors (Lipinski definition) is 0. The summed E-state index contributed by atoms with van der Waals surface area (Å²) in [7, 11) is 1.80. The third kappa shape index (κ3) is 2.21. The van der Waals surface area contributed by atoms with Crippen molar-refractivity contribution in [3.8, 4) is 6.07 Å². The molecule has 0 saturated heterocycles. The molecule has 2 heteroatoms. The molecule has 0 amide bonds. The average molecular weight is 338 g/mol. The molecule has 0 aromatic rings. The highest BCUT2D eigenvalue weighted by molar-refractivity contribution is 5.37. The van der Waals surface area contributed by atoms with E-state index in [0.29, 0.717) is 11.3 Å². The first kappa shape index (κ1) is 17.0. The van der Waals surface area contributed by atoms with Gasteiger partial charge in [0.15, 0.2) is 0 Å². The van der Waals surface area contributed by atoms with Gasteiger partial charge < -0.3 is 4.74 Å². The third-order valence-electron chi connectivity index (χ3n) is 8.42. The second-order valence-corrected chi connectivity index (χ2v) is 9.18. The number of nitriles is 1. The maximum absolute atomic E-state index is 9.84. The lowest BCUT2D eigenvalue weighted by Crippen LogP contribution is -2.49. The minimum atomic E-state index is 0.132. The zero-order chi connectivity index (χ0) is 17.8. The molecule has 2 nitrogen and oxygen atoms in total. The van der Waals surface area contributed by atoms with Crippen LogP contribution in [-0.2, 0) is 4.74 Å². The molecule has 0 aromatic carbocycles. The van der Waals surface area contributed by atoms with E-state index in [4.69, 9.17) is 4.74 Å².